The largest absolute Gasteiger partial charge is 0.489 e. The maximum atomic E-state index is 6.00. The Hall–Kier alpha value is -0.580. The second kappa shape index (κ2) is 8.01. The van der Waals surface area contributed by atoms with Crippen LogP contribution in [0.5, 0.6) is 5.75 Å². The van der Waals surface area contributed by atoms with Gasteiger partial charge < -0.3 is 14.8 Å². The summed E-state index contributed by atoms with van der Waals surface area (Å²) < 4.78 is 12.6. The fraction of sp³-hybridized carbons (Fsp3) is 0.625. The Morgan fingerprint density at radius 2 is 2.30 bits per heavy atom. The van der Waals surface area contributed by atoms with Crippen molar-refractivity contribution in [3.8, 4) is 5.75 Å². The first-order chi connectivity index (χ1) is 9.66. The van der Waals surface area contributed by atoms with Gasteiger partial charge >= 0.3 is 0 Å². The molecule has 1 N–H and O–H groups in total. The summed E-state index contributed by atoms with van der Waals surface area (Å²) in [5.74, 6) is 1.60. The van der Waals surface area contributed by atoms with E-state index in [2.05, 4.69) is 47.2 Å². The number of benzene rings is 1. The van der Waals surface area contributed by atoms with Gasteiger partial charge in [0.05, 0.1) is 10.6 Å². The lowest BCUT2D eigenvalue weighted by atomic mass is 10.1. The second-order valence-electron chi connectivity index (χ2n) is 5.70. The van der Waals surface area contributed by atoms with E-state index in [0.717, 1.165) is 42.8 Å². The number of para-hydroxylation sites is 1. The fourth-order valence-corrected chi connectivity index (χ4v) is 2.82. The Bertz CT molecular complexity index is 417. The highest BCUT2D eigenvalue weighted by molar-refractivity contribution is 9.10. The zero-order chi connectivity index (χ0) is 14.4. The van der Waals surface area contributed by atoms with Crippen LogP contribution in [-0.2, 0) is 11.3 Å². The highest BCUT2D eigenvalue weighted by Gasteiger charge is 2.17. The topological polar surface area (TPSA) is 30.5 Å². The SMILES string of the molecule is CC(C)CNCc1cccc(Br)c1OCC1CCCO1. The van der Waals surface area contributed by atoms with Crippen molar-refractivity contribution in [1.82, 2.24) is 5.32 Å². The molecule has 0 spiro atoms. The maximum absolute atomic E-state index is 6.00. The van der Waals surface area contributed by atoms with Crippen molar-refractivity contribution in [2.45, 2.75) is 39.3 Å². The molecule has 1 aromatic carbocycles. The lowest BCUT2D eigenvalue weighted by Gasteiger charge is -2.17. The molecule has 1 aliphatic heterocycles. The van der Waals surface area contributed by atoms with Gasteiger partial charge in [-0.25, -0.2) is 0 Å². The van der Waals surface area contributed by atoms with Crippen molar-refractivity contribution in [3.05, 3.63) is 28.2 Å². The molecule has 1 aromatic rings. The van der Waals surface area contributed by atoms with Gasteiger partial charge in [0.2, 0.25) is 0 Å². The van der Waals surface area contributed by atoms with Crippen LogP contribution in [0.15, 0.2) is 22.7 Å². The molecule has 0 bridgehead atoms. The van der Waals surface area contributed by atoms with Crippen molar-refractivity contribution in [3.63, 3.8) is 0 Å². The van der Waals surface area contributed by atoms with E-state index >= 15 is 0 Å². The van der Waals surface area contributed by atoms with Gasteiger partial charge in [-0.15, -0.1) is 0 Å². The van der Waals surface area contributed by atoms with E-state index in [1.165, 1.54) is 5.56 Å². The van der Waals surface area contributed by atoms with Crippen LogP contribution in [0.2, 0.25) is 0 Å². The molecule has 0 aliphatic carbocycles. The zero-order valence-corrected chi connectivity index (χ0v) is 13.9. The minimum Gasteiger partial charge on any atom is -0.489 e. The third kappa shape index (κ3) is 4.76. The summed E-state index contributed by atoms with van der Waals surface area (Å²) in [6.07, 6.45) is 2.50. The van der Waals surface area contributed by atoms with Crippen LogP contribution in [0.25, 0.3) is 0 Å². The summed E-state index contributed by atoms with van der Waals surface area (Å²) in [7, 11) is 0. The van der Waals surface area contributed by atoms with Crippen LogP contribution >= 0.6 is 15.9 Å². The van der Waals surface area contributed by atoms with Gasteiger partial charge in [0.1, 0.15) is 12.4 Å². The van der Waals surface area contributed by atoms with Crippen LogP contribution in [0.1, 0.15) is 32.3 Å². The van der Waals surface area contributed by atoms with Crippen molar-refractivity contribution < 1.29 is 9.47 Å². The minimum atomic E-state index is 0.249. The summed E-state index contributed by atoms with van der Waals surface area (Å²) in [5, 5.41) is 3.46. The van der Waals surface area contributed by atoms with Crippen LogP contribution in [0.4, 0.5) is 0 Å². The Kier molecular flexibility index (Phi) is 6.33. The minimum absolute atomic E-state index is 0.249. The molecule has 3 nitrogen and oxygen atoms in total. The van der Waals surface area contributed by atoms with E-state index in [1.807, 2.05) is 6.07 Å². The van der Waals surface area contributed by atoms with E-state index in [1.54, 1.807) is 0 Å². The number of rotatable bonds is 7. The normalized spacial score (nSPS) is 18.7. The predicted octanol–water partition coefficient (Wildman–Crippen LogP) is 3.75. The molecule has 1 fully saturated rings. The monoisotopic (exact) mass is 341 g/mol. The molecule has 4 heteroatoms. The van der Waals surface area contributed by atoms with E-state index in [4.69, 9.17) is 9.47 Å². The van der Waals surface area contributed by atoms with E-state index in [0.29, 0.717) is 12.5 Å². The first-order valence-electron chi connectivity index (χ1n) is 7.39. The molecule has 1 saturated heterocycles. The molecular weight excluding hydrogens is 318 g/mol. The standard InChI is InChI=1S/C16H24BrNO2/c1-12(2)9-18-10-13-5-3-7-15(17)16(13)20-11-14-6-4-8-19-14/h3,5,7,12,14,18H,4,6,8-11H2,1-2H3. The lowest BCUT2D eigenvalue weighted by Crippen LogP contribution is -2.21. The first-order valence-corrected chi connectivity index (χ1v) is 8.18. The van der Waals surface area contributed by atoms with Crippen LogP contribution in [0.3, 0.4) is 0 Å². The highest BCUT2D eigenvalue weighted by Crippen LogP contribution is 2.30. The maximum Gasteiger partial charge on any atom is 0.138 e. The van der Waals surface area contributed by atoms with Crippen LogP contribution in [0, 0.1) is 5.92 Å². The van der Waals surface area contributed by atoms with Crippen molar-refractivity contribution in [1.29, 1.82) is 0 Å². The average molecular weight is 342 g/mol. The molecule has 1 atom stereocenters. The Balaban J connectivity index is 1.94. The third-order valence-electron chi connectivity index (χ3n) is 3.35. The Labute approximate surface area is 130 Å². The van der Waals surface area contributed by atoms with Gasteiger partial charge in [-0.3, -0.25) is 0 Å². The molecule has 0 saturated carbocycles. The van der Waals surface area contributed by atoms with Crippen LogP contribution in [-0.4, -0.2) is 25.9 Å². The number of halogens is 1. The molecule has 2 rings (SSSR count). The molecular formula is C16H24BrNO2. The zero-order valence-electron chi connectivity index (χ0n) is 12.3. The van der Waals surface area contributed by atoms with Gasteiger partial charge in [0.15, 0.2) is 0 Å². The van der Waals surface area contributed by atoms with E-state index < -0.39 is 0 Å². The predicted molar refractivity (Wildman–Crippen MR) is 85.2 cm³/mol. The second-order valence-corrected chi connectivity index (χ2v) is 6.55. The fourth-order valence-electron chi connectivity index (χ4n) is 2.30. The molecule has 1 heterocycles. The number of hydrogen-bond acceptors (Lipinski definition) is 3. The summed E-state index contributed by atoms with van der Waals surface area (Å²) in [6, 6.07) is 6.19. The quantitative estimate of drug-likeness (QED) is 0.819. The summed E-state index contributed by atoms with van der Waals surface area (Å²) >= 11 is 3.58. The van der Waals surface area contributed by atoms with Gasteiger partial charge in [-0.1, -0.05) is 26.0 Å². The number of hydrogen-bond donors (Lipinski definition) is 1. The van der Waals surface area contributed by atoms with E-state index in [9.17, 15) is 0 Å². The van der Waals surface area contributed by atoms with Gasteiger partial charge in [-0.2, -0.15) is 0 Å². The third-order valence-corrected chi connectivity index (χ3v) is 3.98. The summed E-state index contributed by atoms with van der Waals surface area (Å²) in [6.45, 7) is 7.77. The van der Waals surface area contributed by atoms with Crippen LogP contribution < -0.4 is 10.1 Å². The van der Waals surface area contributed by atoms with Crippen molar-refractivity contribution in [2.75, 3.05) is 19.8 Å². The molecule has 1 unspecified atom stereocenters. The first kappa shape index (κ1) is 15.8. The Morgan fingerprint density at radius 1 is 1.45 bits per heavy atom. The Morgan fingerprint density at radius 3 is 3.00 bits per heavy atom. The smallest absolute Gasteiger partial charge is 0.138 e. The molecule has 0 amide bonds. The summed E-state index contributed by atoms with van der Waals surface area (Å²) in [5.41, 5.74) is 1.19. The van der Waals surface area contributed by atoms with Gasteiger partial charge in [-0.05, 0) is 47.3 Å². The molecule has 112 valence electrons. The highest BCUT2D eigenvalue weighted by atomic mass is 79.9. The number of nitrogens with one attached hydrogen (secondary N) is 1. The lowest BCUT2D eigenvalue weighted by molar-refractivity contribution is 0.0673. The molecule has 1 aliphatic rings. The summed E-state index contributed by atoms with van der Waals surface area (Å²) in [4.78, 5) is 0. The van der Waals surface area contributed by atoms with Gasteiger partial charge in [0, 0.05) is 18.7 Å². The van der Waals surface area contributed by atoms with E-state index in [-0.39, 0.29) is 6.10 Å². The molecule has 20 heavy (non-hydrogen) atoms. The number of ether oxygens (including phenoxy) is 2. The molecule has 0 aromatic heterocycles. The van der Waals surface area contributed by atoms with Gasteiger partial charge in [0.25, 0.3) is 0 Å². The van der Waals surface area contributed by atoms with Crippen molar-refractivity contribution >= 4 is 15.9 Å². The van der Waals surface area contributed by atoms with Crippen molar-refractivity contribution in [2.24, 2.45) is 5.92 Å². The average Bonchev–Trinajstić information content (AvgIpc) is 2.90. The molecule has 0 radical (unpaired) electrons.